The SMILES string of the molecule is CSCCC(NC(=O)C(NC(=O)C(CC(C)C)NC(=O)C(N)Cc1cnc[nH]1)C(C)O)C(=O)O. The van der Waals surface area contributed by atoms with E-state index in [1.54, 1.807) is 6.20 Å². The van der Waals surface area contributed by atoms with Crippen LogP contribution in [-0.4, -0.2) is 86.2 Å². The molecule has 0 aliphatic carbocycles. The first-order chi connectivity index (χ1) is 16.0. The third-order valence-electron chi connectivity index (χ3n) is 4.96. The number of nitrogens with zero attached hydrogens (tertiary/aromatic N) is 1. The monoisotopic (exact) mass is 500 g/mol. The molecule has 34 heavy (non-hydrogen) atoms. The maximum Gasteiger partial charge on any atom is 0.326 e. The summed E-state index contributed by atoms with van der Waals surface area (Å²) in [6.07, 6.45) is 4.14. The van der Waals surface area contributed by atoms with Crippen molar-refractivity contribution in [3.05, 3.63) is 18.2 Å². The van der Waals surface area contributed by atoms with Gasteiger partial charge < -0.3 is 36.9 Å². The fraction of sp³-hybridized carbons (Fsp3) is 0.667. The molecule has 1 heterocycles. The quantitative estimate of drug-likeness (QED) is 0.158. The molecule has 0 aliphatic rings. The largest absolute Gasteiger partial charge is 0.480 e. The molecule has 0 aliphatic heterocycles. The van der Waals surface area contributed by atoms with Gasteiger partial charge in [-0.15, -0.1) is 0 Å². The van der Waals surface area contributed by atoms with Gasteiger partial charge in [0, 0.05) is 18.3 Å². The zero-order valence-corrected chi connectivity index (χ0v) is 20.7. The average molecular weight is 501 g/mol. The van der Waals surface area contributed by atoms with Gasteiger partial charge >= 0.3 is 5.97 Å². The molecule has 0 aromatic carbocycles. The van der Waals surface area contributed by atoms with E-state index >= 15 is 0 Å². The molecule has 1 aromatic heterocycles. The van der Waals surface area contributed by atoms with Gasteiger partial charge in [0.25, 0.3) is 0 Å². The molecule has 0 spiro atoms. The van der Waals surface area contributed by atoms with Crippen LogP contribution in [0.2, 0.25) is 0 Å². The molecular weight excluding hydrogens is 464 g/mol. The summed E-state index contributed by atoms with van der Waals surface area (Å²) in [5.41, 5.74) is 6.62. The molecule has 192 valence electrons. The zero-order valence-electron chi connectivity index (χ0n) is 19.9. The molecule has 3 amide bonds. The first-order valence-corrected chi connectivity index (χ1v) is 12.4. The van der Waals surface area contributed by atoms with Gasteiger partial charge in [0.2, 0.25) is 17.7 Å². The van der Waals surface area contributed by atoms with Crippen molar-refractivity contribution in [1.29, 1.82) is 0 Å². The van der Waals surface area contributed by atoms with Gasteiger partial charge in [-0.3, -0.25) is 14.4 Å². The average Bonchev–Trinajstić information content (AvgIpc) is 3.26. The molecule has 12 nitrogen and oxygen atoms in total. The standard InChI is InChI=1S/C21H36N6O6S/c1-11(2)7-16(26-18(29)14(22)8-13-9-23-10-24-13)19(30)27-17(12(3)28)20(31)25-15(21(32)33)5-6-34-4/h9-12,14-17,28H,5-8,22H2,1-4H3,(H,23,24)(H,25,31)(H,26,29)(H,27,30)(H,32,33). The third kappa shape index (κ3) is 10.1. The van der Waals surface area contributed by atoms with Gasteiger partial charge in [-0.25, -0.2) is 9.78 Å². The summed E-state index contributed by atoms with van der Waals surface area (Å²) in [5.74, 6) is -2.77. The molecule has 8 N–H and O–H groups in total. The molecule has 0 saturated carbocycles. The lowest BCUT2D eigenvalue weighted by atomic mass is 10.0. The van der Waals surface area contributed by atoms with Crippen LogP contribution in [0.3, 0.4) is 0 Å². The van der Waals surface area contributed by atoms with Crippen molar-refractivity contribution in [2.75, 3.05) is 12.0 Å². The van der Waals surface area contributed by atoms with Crippen molar-refractivity contribution in [2.45, 2.75) is 70.3 Å². The second kappa shape index (κ2) is 14.6. The Kier molecular flexibility index (Phi) is 12.6. The number of aliphatic hydroxyl groups excluding tert-OH is 1. The van der Waals surface area contributed by atoms with E-state index in [0.29, 0.717) is 11.4 Å². The fourth-order valence-electron chi connectivity index (χ4n) is 3.12. The smallest absolute Gasteiger partial charge is 0.326 e. The predicted molar refractivity (Wildman–Crippen MR) is 128 cm³/mol. The van der Waals surface area contributed by atoms with E-state index < -0.39 is 54.0 Å². The van der Waals surface area contributed by atoms with E-state index in [1.807, 2.05) is 20.1 Å². The van der Waals surface area contributed by atoms with Gasteiger partial charge in [0.1, 0.15) is 18.1 Å². The number of amides is 3. The van der Waals surface area contributed by atoms with Gasteiger partial charge in [-0.1, -0.05) is 13.8 Å². The Morgan fingerprint density at radius 3 is 2.24 bits per heavy atom. The number of nitrogens with two attached hydrogens (primary N) is 1. The Balaban J connectivity index is 2.88. The Morgan fingerprint density at radius 1 is 1.09 bits per heavy atom. The Morgan fingerprint density at radius 2 is 1.74 bits per heavy atom. The first-order valence-electron chi connectivity index (χ1n) is 11.0. The highest BCUT2D eigenvalue weighted by Crippen LogP contribution is 2.08. The zero-order chi connectivity index (χ0) is 25.8. The summed E-state index contributed by atoms with van der Waals surface area (Å²) in [7, 11) is 0. The number of aliphatic carboxylic acids is 1. The Hall–Kier alpha value is -2.64. The maximum absolute atomic E-state index is 13.0. The van der Waals surface area contributed by atoms with E-state index in [9.17, 15) is 29.4 Å². The van der Waals surface area contributed by atoms with Crippen molar-refractivity contribution in [1.82, 2.24) is 25.9 Å². The van der Waals surface area contributed by atoms with Crippen LogP contribution in [0.15, 0.2) is 12.5 Å². The van der Waals surface area contributed by atoms with E-state index in [4.69, 9.17) is 5.73 Å². The predicted octanol–water partition coefficient (Wildman–Crippen LogP) is -1.00. The van der Waals surface area contributed by atoms with Gasteiger partial charge in [-0.05, 0) is 37.7 Å². The molecule has 13 heteroatoms. The summed E-state index contributed by atoms with van der Waals surface area (Å²) in [6.45, 7) is 5.02. The van der Waals surface area contributed by atoms with Crippen LogP contribution in [0.5, 0.6) is 0 Å². The molecule has 5 atom stereocenters. The minimum absolute atomic E-state index is 0.0154. The lowest BCUT2D eigenvalue weighted by Gasteiger charge is -2.27. The summed E-state index contributed by atoms with van der Waals surface area (Å²) < 4.78 is 0. The minimum Gasteiger partial charge on any atom is -0.480 e. The minimum atomic E-state index is -1.41. The van der Waals surface area contributed by atoms with E-state index in [2.05, 4.69) is 25.9 Å². The number of thioether (sulfide) groups is 1. The summed E-state index contributed by atoms with van der Waals surface area (Å²) in [4.78, 5) is 56.4. The van der Waals surface area contributed by atoms with Gasteiger partial charge in [-0.2, -0.15) is 11.8 Å². The number of carbonyl (C=O) groups is 4. The molecule has 0 radical (unpaired) electrons. The first kappa shape index (κ1) is 29.4. The number of aromatic nitrogens is 2. The van der Waals surface area contributed by atoms with Crippen LogP contribution in [0.1, 0.15) is 39.3 Å². The highest BCUT2D eigenvalue weighted by molar-refractivity contribution is 7.98. The van der Waals surface area contributed by atoms with Crippen LogP contribution in [-0.2, 0) is 25.6 Å². The summed E-state index contributed by atoms with van der Waals surface area (Å²) in [6, 6.07) is -4.52. The molecule has 0 bridgehead atoms. The molecule has 1 rings (SSSR count). The number of H-pyrrole nitrogens is 1. The van der Waals surface area contributed by atoms with Crippen molar-refractivity contribution in [3.63, 3.8) is 0 Å². The van der Waals surface area contributed by atoms with Crippen LogP contribution >= 0.6 is 11.8 Å². The van der Waals surface area contributed by atoms with Crippen LogP contribution in [0.25, 0.3) is 0 Å². The van der Waals surface area contributed by atoms with E-state index in [1.165, 1.54) is 25.0 Å². The van der Waals surface area contributed by atoms with Crippen molar-refractivity contribution >= 4 is 35.5 Å². The van der Waals surface area contributed by atoms with Crippen LogP contribution in [0.4, 0.5) is 0 Å². The number of carbonyl (C=O) groups excluding carboxylic acids is 3. The second-order valence-corrected chi connectivity index (χ2v) is 9.47. The lowest BCUT2D eigenvalue weighted by molar-refractivity contribution is -0.143. The number of imidazole rings is 1. The second-order valence-electron chi connectivity index (χ2n) is 8.49. The number of rotatable bonds is 15. The van der Waals surface area contributed by atoms with Crippen molar-refractivity contribution < 1.29 is 29.4 Å². The number of nitrogens with one attached hydrogen (secondary N) is 4. The lowest BCUT2D eigenvalue weighted by Crippen LogP contribution is -2.60. The molecule has 1 aromatic rings. The molecule has 0 fully saturated rings. The topological polar surface area (TPSA) is 200 Å². The summed E-state index contributed by atoms with van der Waals surface area (Å²) in [5, 5.41) is 26.8. The number of carboxylic acids is 1. The van der Waals surface area contributed by atoms with Crippen molar-refractivity contribution in [2.24, 2.45) is 11.7 Å². The van der Waals surface area contributed by atoms with Gasteiger partial charge in [0.15, 0.2) is 0 Å². The fourth-order valence-corrected chi connectivity index (χ4v) is 3.59. The Bertz CT molecular complexity index is 804. The Labute approximate surface area is 203 Å². The normalized spacial score (nSPS) is 15.6. The number of hydrogen-bond donors (Lipinski definition) is 7. The number of aromatic amines is 1. The molecule has 5 unspecified atom stereocenters. The molecular formula is C21H36N6O6S. The number of hydrogen-bond acceptors (Lipinski definition) is 8. The van der Waals surface area contributed by atoms with Crippen LogP contribution < -0.4 is 21.7 Å². The molecule has 0 saturated heterocycles. The highest BCUT2D eigenvalue weighted by atomic mass is 32.2. The van der Waals surface area contributed by atoms with Gasteiger partial charge in [0.05, 0.1) is 18.5 Å². The summed E-state index contributed by atoms with van der Waals surface area (Å²) >= 11 is 1.43. The maximum atomic E-state index is 13.0. The van der Waals surface area contributed by atoms with Crippen molar-refractivity contribution in [3.8, 4) is 0 Å². The van der Waals surface area contributed by atoms with E-state index in [0.717, 1.165) is 0 Å². The highest BCUT2D eigenvalue weighted by Gasteiger charge is 2.33. The number of carboxylic acid groups (broad SMARTS) is 1. The number of aliphatic hydroxyl groups is 1. The van der Waals surface area contributed by atoms with E-state index in [-0.39, 0.29) is 25.2 Å². The third-order valence-corrected chi connectivity index (χ3v) is 5.60. The van der Waals surface area contributed by atoms with Crippen LogP contribution in [0, 0.1) is 5.92 Å².